The molecular formula is C28H29F3N6O3. The van der Waals surface area contributed by atoms with Crippen molar-refractivity contribution in [1.29, 1.82) is 0 Å². The van der Waals surface area contributed by atoms with Crippen molar-refractivity contribution >= 4 is 22.7 Å². The Hall–Kier alpha value is -3.93. The Kier molecular flexibility index (Phi) is 6.95. The van der Waals surface area contributed by atoms with Gasteiger partial charge in [-0.25, -0.2) is 27.9 Å². The molecule has 0 radical (unpaired) electrons. The van der Waals surface area contributed by atoms with E-state index in [1.807, 2.05) is 19.1 Å². The minimum Gasteiger partial charge on any atom is -0.464 e. The minimum absolute atomic E-state index is 0.102. The summed E-state index contributed by atoms with van der Waals surface area (Å²) >= 11 is 0. The summed E-state index contributed by atoms with van der Waals surface area (Å²) in [4.78, 5) is 24.2. The number of imidazole rings is 1. The van der Waals surface area contributed by atoms with Crippen molar-refractivity contribution < 1.29 is 27.4 Å². The van der Waals surface area contributed by atoms with Crippen LogP contribution >= 0.6 is 0 Å². The molecular weight excluding hydrogens is 525 g/mol. The molecule has 210 valence electrons. The molecule has 0 bridgehead atoms. The molecule has 6 rings (SSSR count). The molecule has 0 amide bonds. The highest BCUT2D eigenvalue weighted by Gasteiger charge is 2.35. The second-order valence-electron chi connectivity index (χ2n) is 10.00. The molecule has 40 heavy (non-hydrogen) atoms. The lowest BCUT2D eigenvalue weighted by Crippen LogP contribution is -2.36. The van der Waals surface area contributed by atoms with Crippen molar-refractivity contribution in [3.05, 3.63) is 59.4 Å². The van der Waals surface area contributed by atoms with Crippen LogP contribution in [0.3, 0.4) is 0 Å². The standard InChI is InChI=1S/C28H29F3N6O3/c1-3-40-28(38)26(25-22-10-18(29)13-36(22)15-33-25)37-14-21-20(27(30)31)11-19(16(2)24(21)34-37)17-4-5-23(32-12-17)35-6-8-39-9-7-35/h4-5,11-12,14-15,18,26-27H,3,6-10,13H2,1-2H3/t18-,26?/m1/s1. The monoisotopic (exact) mass is 554 g/mol. The van der Waals surface area contributed by atoms with Crippen molar-refractivity contribution in [3.63, 3.8) is 0 Å². The van der Waals surface area contributed by atoms with E-state index in [1.54, 1.807) is 17.7 Å². The number of carbonyl (C=O) groups excluding carboxylic acids is 1. The van der Waals surface area contributed by atoms with E-state index in [4.69, 9.17) is 9.47 Å². The summed E-state index contributed by atoms with van der Waals surface area (Å²) in [5, 5.41) is 4.86. The van der Waals surface area contributed by atoms with Gasteiger partial charge in [0.1, 0.15) is 12.0 Å². The van der Waals surface area contributed by atoms with Crippen LogP contribution in [0, 0.1) is 6.92 Å². The highest BCUT2D eigenvalue weighted by Crippen LogP contribution is 2.38. The number of carbonyl (C=O) groups is 1. The molecule has 1 unspecified atom stereocenters. The number of rotatable bonds is 7. The van der Waals surface area contributed by atoms with Gasteiger partial charge in [0, 0.05) is 54.1 Å². The molecule has 12 heteroatoms. The molecule has 0 saturated carbocycles. The number of aromatic nitrogens is 5. The molecule has 2 atom stereocenters. The van der Waals surface area contributed by atoms with Gasteiger partial charge >= 0.3 is 5.97 Å². The van der Waals surface area contributed by atoms with Gasteiger partial charge in [0.25, 0.3) is 6.43 Å². The zero-order valence-corrected chi connectivity index (χ0v) is 22.2. The maximum Gasteiger partial charge on any atom is 0.337 e. The molecule has 1 fully saturated rings. The molecule has 1 aromatic carbocycles. The predicted octanol–water partition coefficient (Wildman–Crippen LogP) is 4.42. The zero-order valence-electron chi connectivity index (χ0n) is 22.2. The van der Waals surface area contributed by atoms with Crippen LogP contribution in [0.4, 0.5) is 19.0 Å². The topological polar surface area (TPSA) is 87.3 Å². The number of ether oxygens (including phenoxy) is 2. The smallest absolute Gasteiger partial charge is 0.337 e. The van der Waals surface area contributed by atoms with Crippen molar-refractivity contribution in [2.75, 3.05) is 37.8 Å². The van der Waals surface area contributed by atoms with Crippen LogP contribution in [0.1, 0.15) is 41.9 Å². The second kappa shape index (κ2) is 10.6. The fourth-order valence-electron chi connectivity index (χ4n) is 5.57. The average molecular weight is 555 g/mol. The Morgan fingerprint density at radius 3 is 2.73 bits per heavy atom. The summed E-state index contributed by atoms with van der Waals surface area (Å²) in [6.07, 6.45) is 0.823. The van der Waals surface area contributed by atoms with Gasteiger partial charge in [0.2, 0.25) is 0 Å². The Labute approximate surface area is 228 Å². The molecule has 5 heterocycles. The van der Waals surface area contributed by atoms with Gasteiger partial charge in [-0.05, 0) is 43.2 Å². The van der Waals surface area contributed by atoms with E-state index in [0.717, 1.165) is 18.9 Å². The van der Waals surface area contributed by atoms with Crippen LogP contribution in [0.15, 0.2) is 36.9 Å². The van der Waals surface area contributed by atoms with Crippen molar-refractivity contribution in [2.24, 2.45) is 0 Å². The van der Waals surface area contributed by atoms with E-state index in [-0.39, 0.29) is 30.5 Å². The van der Waals surface area contributed by atoms with Gasteiger partial charge in [0.05, 0.1) is 43.9 Å². The van der Waals surface area contributed by atoms with Crippen molar-refractivity contribution in [2.45, 2.75) is 45.5 Å². The number of nitrogens with zero attached hydrogens (tertiary/aromatic N) is 6. The van der Waals surface area contributed by atoms with Crippen LogP contribution in [-0.4, -0.2) is 69.4 Å². The van der Waals surface area contributed by atoms with Crippen LogP contribution in [0.5, 0.6) is 0 Å². The predicted molar refractivity (Wildman–Crippen MR) is 141 cm³/mol. The lowest BCUT2D eigenvalue weighted by atomic mass is 9.96. The van der Waals surface area contributed by atoms with Crippen LogP contribution in [0.2, 0.25) is 0 Å². The summed E-state index contributed by atoms with van der Waals surface area (Å²) in [5.41, 5.74) is 2.93. The number of anilines is 1. The summed E-state index contributed by atoms with van der Waals surface area (Å²) in [7, 11) is 0. The molecule has 4 aromatic rings. The third-order valence-electron chi connectivity index (χ3n) is 7.55. The number of hydrogen-bond acceptors (Lipinski definition) is 7. The number of halogens is 3. The average Bonchev–Trinajstić information content (AvgIpc) is 3.65. The van der Waals surface area contributed by atoms with E-state index >= 15 is 0 Å². The molecule has 2 aliphatic heterocycles. The van der Waals surface area contributed by atoms with Crippen LogP contribution in [0.25, 0.3) is 22.0 Å². The largest absolute Gasteiger partial charge is 0.464 e. The number of morpholine rings is 1. The van der Waals surface area contributed by atoms with Gasteiger partial charge in [-0.2, -0.15) is 5.10 Å². The number of pyridine rings is 1. The molecule has 9 nitrogen and oxygen atoms in total. The van der Waals surface area contributed by atoms with E-state index in [1.165, 1.54) is 23.3 Å². The number of alkyl halides is 3. The molecule has 0 aliphatic carbocycles. The Morgan fingerprint density at radius 1 is 1.23 bits per heavy atom. The molecule has 3 aromatic heterocycles. The second-order valence-corrected chi connectivity index (χ2v) is 10.00. The number of esters is 1. The Balaban J connectivity index is 1.44. The van der Waals surface area contributed by atoms with Crippen LogP contribution in [-0.2, 0) is 27.2 Å². The lowest BCUT2D eigenvalue weighted by Gasteiger charge is -2.27. The Bertz CT molecular complexity index is 1550. The first-order valence-corrected chi connectivity index (χ1v) is 13.3. The quantitative estimate of drug-likeness (QED) is 0.313. The minimum atomic E-state index is -2.79. The third-order valence-corrected chi connectivity index (χ3v) is 7.55. The summed E-state index contributed by atoms with van der Waals surface area (Å²) < 4.78 is 56.7. The van der Waals surface area contributed by atoms with Gasteiger partial charge in [-0.3, -0.25) is 4.68 Å². The highest BCUT2D eigenvalue weighted by molar-refractivity contribution is 5.92. The summed E-state index contributed by atoms with van der Waals surface area (Å²) in [6.45, 7) is 6.46. The Morgan fingerprint density at radius 2 is 2.02 bits per heavy atom. The number of aryl methyl sites for hydroxylation is 1. The number of benzene rings is 1. The van der Waals surface area contributed by atoms with Crippen LogP contribution < -0.4 is 4.90 Å². The molecule has 1 saturated heterocycles. The fourth-order valence-corrected chi connectivity index (χ4v) is 5.57. The maximum absolute atomic E-state index is 14.4. The molecule has 0 spiro atoms. The molecule has 0 N–H and O–H groups in total. The fraction of sp³-hybridized carbons (Fsp3) is 0.429. The summed E-state index contributed by atoms with van der Waals surface area (Å²) in [5.74, 6) is 0.156. The van der Waals surface area contributed by atoms with Crippen molar-refractivity contribution in [3.8, 4) is 11.1 Å². The first kappa shape index (κ1) is 26.3. The van der Waals surface area contributed by atoms with E-state index in [0.29, 0.717) is 46.8 Å². The van der Waals surface area contributed by atoms with Gasteiger partial charge in [-0.15, -0.1) is 0 Å². The van der Waals surface area contributed by atoms with Crippen molar-refractivity contribution in [1.82, 2.24) is 24.3 Å². The number of fused-ring (bicyclic) bond motifs is 2. The van der Waals surface area contributed by atoms with Gasteiger partial charge in [-0.1, -0.05) is 0 Å². The van der Waals surface area contributed by atoms with E-state index in [9.17, 15) is 18.0 Å². The van der Waals surface area contributed by atoms with Gasteiger partial charge < -0.3 is 18.9 Å². The van der Waals surface area contributed by atoms with Gasteiger partial charge in [0.15, 0.2) is 6.04 Å². The normalized spacial score (nSPS) is 17.9. The van der Waals surface area contributed by atoms with E-state index < -0.39 is 24.6 Å². The zero-order chi connectivity index (χ0) is 28.0. The lowest BCUT2D eigenvalue weighted by molar-refractivity contribution is -0.146. The third kappa shape index (κ3) is 4.59. The molecule has 2 aliphatic rings. The first-order chi connectivity index (χ1) is 19.4. The number of hydrogen-bond donors (Lipinski definition) is 0. The first-order valence-electron chi connectivity index (χ1n) is 13.3. The highest BCUT2D eigenvalue weighted by atomic mass is 19.3. The van der Waals surface area contributed by atoms with E-state index in [2.05, 4.69) is 20.0 Å². The maximum atomic E-state index is 14.4. The summed E-state index contributed by atoms with van der Waals surface area (Å²) in [6, 6.07) is 4.05. The SMILES string of the molecule is CCOC(=O)C(c1ncn2c1C[C@@H](F)C2)n1cc2c(C(F)F)cc(-c3ccc(N4CCOCC4)nc3)c(C)c2n1.